The molecule has 12 heteroatoms. The third-order valence-electron chi connectivity index (χ3n) is 6.80. The molecular weight excluding hydrogens is 480 g/mol. The van der Waals surface area contributed by atoms with Crippen LogP contribution >= 0.6 is 0 Å². The fraction of sp³-hybridized carbons (Fsp3) is 0.958. The average Bonchev–Trinajstić information content (AvgIpc) is 3.12. The summed E-state index contributed by atoms with van der Waals surface area (Å²) in [6.45, 7) is -0.213. The van der Waals surface area contributed by atoms with Crippen LogP contribution in [-0.4, -0.2) is 116 Å². The molecule has 0 aromatic rings. The second kappa shape index (κ2) is 15.5. The van der Waals surface area contributed by atoms with Gasteiger partial charge in [-0.2, -0.15) is 0 Å². The number of aliphatic hydroxyl groups is 7. The van der Waals surface area contributed by atoms with Crippen molar-refractivity contribution in [3.63, 3.8) is 0 Å². The van der Waals surface area contributed by atoms with E-state index < -0.39 is 80.6 Å². The van der Waals surface area contributed by atoms with Gasteiger partial charge >= 0.3 is 5.97 Å². The Bertz CT molecular complexity index is 636. The van der Waals surface area contributed by atoms with E-state index in [0.29, 0.717) is 6.42 Å². The molecule has 0 amide bonds. The molecule has 2 rings (SSSR count). The van der Waals surface area contributed by atoms with Gasteiger partial charge in [-0.25, -0.2) is 0 Å². The normalized spacial score (nSPS) is 36.8. The summed E-state index contributed by atoms with van der Waals surface area (Å²) in [4.78, 5) is 12.5. The van der Waals surface area contributed by atoms with Crippen LogP contribution in [0, 0.1) is 0 Å². The van der Waals surface area contributed by atoms with Crippen molar-refractivity contribution in [1.29, 1.82) is 0 Å². The summed E-state index contributed by atoms with van der Waals surface area (Å²) in [6, 6.07) is 0. The highest BCUT2D eigenvalue weighted by Gasteiger charge is 2.59. The van der Waals surface area contributed by atoms with Crippen LogP contribution in [0.4, 0.5) is 0 Å². The first kappa shape index (κ1) is 31.3. The summed E-state index contributed by atoms with van der Waals surface area (Å²) in [5.74, 6) is -2.95. The number of hydrogen-bond acceptors (Lipinski definition) is 12. The zero-order chi connectivity index (χ0) is 26.7. The van der Waals surface area contributed by atoms with Crippen LogP contribution in [0.15, 0.2) is 0 Å². The predicted octanol–water partition coefficient (Wildman–Crippen LogP) is -0.924. The Labute approximate surface area is 211 Å². The molecule has 2 fully saturated rings. The van der Waals surface area contributed by atoms with Crippen LogP contribution in [0.3, 0.4) is 0 Å². The van der Waals surface area contributed by atoms with Gasteiger partial charge in [-0.15, -0.1) is 0 Å². The maximum atomic E-state index is 12.5. The highest BCUT2D eigenvalue weighted by atomic mass is 16.8. The molecular formula is C24H44O12. The fourth-order valence-electron chi connectivity index (χ4n) is 4.53. The highest BCUT2D eigenvalue weighted by Crippen LogP contribution is 2.36. The monoisotopic (exact) mass is 524 g/mol. The largest absolute Gasteiger partial charge is 0.454 e. The molecule has 9 atom stereocenters. The first-order valence-corrected chi connectivity index (χ1v) is 13.0. The van der Waals surface area contributed by atoms with E-state index in [2.05, 4.69) is 6.92 Å². The Balaban J connectivity index is 1.96. The average molecular weight is 525 g/mol. The van der Waals surface area contributed by atoms with Gasteiger partial charge in [0.15, 0.2) is 6.10 Å². The van der Waals surface area contributed by atoms with E-state index in [-0.39, 0.29) is 6.42 Å². The van der Waals surface area contributed by atoms with Gasteiger partial charge < -0.3 is 54.7 Å². The number of carbonyl (C=O) groups excluding carboxylic acids is 1. The molecule has 7 N–H and O–H groups in total. The number of rotatable bonds is 16. The lowest BCUT2D eigenvalue weighted by Gasteiger charge is -2.44. The highest BCUT2D eigenvalue weighted by molar-refractivity contribution is 5.69. The predicted molar refractivity (Wildman–Crippen MR) is 124 cm³/mol. The Morgan fingerprint density at radius 2 is 1.39 bits per heavy atom. The molecule has 0 aliphatic carbocycles. The van der Waals surface area contributed by atoms with Gasteiger partial charge in [0, 0.05) is 6.42 Å². The Morgan fingerprint density at radius 1 is 0.806 bits per heavy atom. The molecule has 212 valence electrons. The van der Waals surface area contributed by atoms with Crippen molar-refractivity contribution in [2.75, 3.05) is 19.8 Å². The van der Waals surface area contributed by atoms with Gasteiger partial charge in [0.05, 0.1) is 13.2 Å². The van der Waals surface area contributed by atoms with E-state index >= 15 is 0 Å². The van der Waals surface area contributed by atoms with Gasteiger partial charge in [-0.3, -0.25) is 4.79 Å². The van der Waals surface area contributed by atoms with Crippen LogP contribution in [0.2, 0.25) is 0 Å². The van der Waals surface area contributed by atoms with Crippen molar-refractivity contribution in [2.45, 2.75) is 126 Å². The van der Waals surface area contributed by atoms with Crippen LogP contribution in [0.5, 0.6) is 0 Å². The van der Waals surface area contributed by atoms with Gasteiger partial charge in [-0.1, -0.05) is 58.3 Å². The maximum absolute atomic E-state index is 12.5. The van der Waals surface area contributed by atoms with Crippen molar-refractivity contribution in [1.82, 2.24) is 0 Å². The number of carbonyl (C=O) groups is 1. The molecule has 0 radical (unpaired) electrons. The van der Waals surface area contributed by atoms with Gasteiger partial charge in [-0.05, 0) is 6.42 Å². The van der Waals surface area contributed by atoms with Crippen molar-refractivity contribution in [3.05, 3.63) is 0 Å². The Hall–Kier alpha value is -0.930. The molecule has 0 aromatic heterocycles. The minimum atomic E-state index is -2.28. The van der Waals surface area contributed by atoms with Crippen LogP contribution in [0.1, 0.15) is 71.1 Å². The first-order chi connectivity index (χ1) is 17.2. The van der Waals surface area contributed by atoms with E-state index in [0.717, 1.165) is 25.7 Å². The van der Waals surface area contributed by atoms with Crippen molar-refractivity contribution in [2.24, 2.45) is 0 Å². The molecule has 36 heavy (non-hydrogen) atoms. The van der Waals surface area contributed by atoms with Crippen LogP contribution in [-0.2, 0) is 23.7 Å². The van der Waals surface area contributed by atoms with Crippen LogP contribution in [0.25, 0.3) is 0 Å². The van der Waals surface area contributed by atoms with Gasteiger partial charge in [0.1, 0.15) is 43.2 Å². The van der Waals surface area contributed by atoms with Gasteiger partial charge in [0.25, 0.3) is 0 Å². The second-order valence-electron chi connectivity index (χ2n) is 9.60. The molecule has 2 heterocycles. The summed E-state index contributed by atoms with van der Waals surface area (Å²) in [6.07, 6.45) is -3.07. The molecule has 0 aromatic carbocycles. The first-order valence-electron chi connectivity index (χ1n) is 13.0. The SMILES string of the molecule is CCCCCCCCCCCC(=O)O[C@@H]1[C@H](O[C@]2(CO)O[C@@H](CO)[C@H](O)[C@H]2O)O[C@@H](CO)[C@H](O)[C@H]1O. The van der Waals surface area contributed by atoms with E-state index in [4.69, 9.17) is 18.9 Å². The number of aliphatic hydroxyl groups excluding tert-OH is 7. The summed E-state index contributed by atoms with van der Waals surface area (Å²) >= 11 is 0. The number of unbranched alkanes of at least 4 members (excludes halogenated alkanes) is 8. The molecule has 0 spiro atoms. The van der Waals surface area contributed by atoms with Crippen molar-refractivity contribution >= 4 is 5.97 Å². The standard InChI is InChI=1S/C24H44O12/c1-2-3-4-5-6-7-8-9-10-11-17(28)34-21-20(31)18(29)15(12-25)33-23(21)36-24(14-27)22(32)19(30)16(13-26)35-24/h15-16,18-23,25-27,29-32H,2-14H2,1H3/t15-,16-,18-,19-,20+,21-,22+,23-,24-/m0/s1. The summed E-state index contributed by atoms with van der Waals surface area (Å²) in [5.41, 5.74) is 0. The lowest BCUT2D eigenvalue weighted by molar-refractivity contribution is -0.384. The molecule has 2 saturated heterocycles. The molecule has 2 aliphatic rings. The topological polar surface area (TPSA) is 196 Å². The smallest absolute Gasteiger partial charge is 0.306 e. The van der Waals surface area contributed by atoms with E-state index in [1.165, 1.54) is 25.7 Å². The summed E-state index contributed by atoms with van der Waals surface area (Å²) in [7, 11) is 0. The lowest BCUT2D eigenvalue weighted by Crippen LogP contribution is -2.63. The second-order valence-corrected chi connectivity index (χ2v) is 9.60. The summed E-state index contributed by atoms with van der Waals surface area (Å²) in [5, 5.41) is 70.1. The number of ether oxygens (including phenoxy) is 4. The zero-order valence-electron chi connectivity index (χ0n) is 21.0. The van der Waals surface area contributed by atoms with Crippen molar-refractivity contribution in [3.8, 4) is 0 Å². The maximum Gasteiger partial charge on any atom is 0.306 e. The van der Waals surface area contributed by atoms with E-state index in [1.807, 2.05) is 0 Å². The molecule has 0 unspecified atom stereocenters. The third kappa shape index (κ3) is 8.03. The van der Waals surface area contributed by atoms with E-state index in [9.17, 15) is 40.5 Å². The molecule has 2 aliphatic heterocycles. The molecule has 0 saturated carbocycles. The minimum Gasteiger partial charge on any atom is -0.454 e. The quantitative estimate of drug-likeness (QED) is 0.0970. The van der Waals surface area contributed by atoms with E-state index in [1.54, 1.807) is 0 Å². The molecule has 0 bridgehead atoms. The lowest BCUT2D eigenvalue weighted by atomic mass is 9.98. The third-order valence-corrected chi connectivity index (χ3v) is 6.80. The van der Waals surface area contributed by atoms with Crippen LogP contribution < -0.4 is 0 Å². The zero-order valence-corrected chi connectivity index (χ0v) is 21.0. The number of hydrogen-bond donors (Lipinski definition) is 7. The molecule has 12 nitrogen and oxygen atoms in total. The van der Waals surface area contributed by atoms with Crippen molar-refractivity contribution < 1.29 is 59.5 Å². The fourth-order valence-corrected chi connectivity index (χ4v) is 4.53. The Kier molecular flexibility index (Phi) is 13.4. The Morgan fingerprint density at radius 3 is 1.92 bits per heavy atom. The van der Waals surface area contributed by atoms with Gasteiger partial charge in [0.2, 0.25) is 12.1 Å². The minimum absolute atomic E-state index is 0.0564. The number of esters is 1. The summed E-state index contributed by atoms with van der Waals surface area (Å²) < 4.78 is 21.8.